The van der Waals surface area contributed by atoms with E-state index in [-0.39, 0.29) is 12.5 Å². The third kappa shape index (κ3) is 4.70. The number of piperazine rings is 1. The van der Waals surface area contributed by atoms with Crippen LogP contribution in [-0.4, -0.2) is 69.9 Å². The Morgan fingerprint density at radius 3 is 2.29 bits per heavy atom. The zero-order valence-electron chi connectivity index (χ0n) is 18.2. The lowest BCUT2D eigenvalue weighted by atomic mass is 9.99. The molecular weight excluding hydrogens is 388 g/mol. The van der Waals surface area contributed by atoms with Gasteiger partial charge in [0.1, 0.15) is 5.69 Å². The maximum absolute atomic E-state index is 13.5. The molecular formula is C25H30N4O2. The van der Waals surface area contributed by atoms with Crippen molar-refractivity contribution in [1.82, 2.24) is 19.6 Å². The maximum atomic E-state index is 13.5. The van der Waals surface area contributed by atoms with E-state index in [0.29, 0.717) is 36.8 Å². The number of hydrogen-bond donors (Lipinski definition) is 1. The summed E-state index contributed by atoms with van der Waals surface area (Å²) in [5.74, 6) is 0.459. The summed E-state index contributed by atoms with van der Waals surface area (Å²) in [4.78, 5) is 17.6. The largest absolute Gasteiger partial charge is 0.395 e. The SMILES string of the molecule is CC(C)c1ccc(-c2nn(-c3ccccc3)cc2C(=O)N2CCN(CCO)CC2)cc1. The van der Waals surface area contributed by atoms with E-state index in [0.717, 1.165) is 24.3 Å². The second kappa shape index (κ2) is 9.45. The molecule has 1 fully saturated rings. The van der Waals surface area contributed by atoms with Crippen molar-refractivity contribution >= 4 is 5.91 Å². The number of amides is 1. The average Bonchev–Trinajstić information content (AvgIpc) is 3.25. The summed E-state index contributed by atoms with van der Waals surface area (Å²) in [6.07, 6.45) is 1.85. The highest BCUT2D eigenvalue weighted by Crippen LogP contribution is 2.27. The van der Waals surface area contributed by atoms with Crippen molar-refractivity contribution in [2.75, 3.05) is 39.3 Å². The predicted molar refractivity (Wildman–Crippen MR) is 123 cm³/mol. The Labute approximate surface area is 183 Å². The number of aliphatic hydroxyl groups excluding tert-OH is 1. The fourth-order valence-electron chi connectivity index (χ4n) is 3.97. The third-order valence-electron chi connectivity index (χ3n) is 5.89. The maximum Gasteiger partial charge on any atom is 0.257 e. The minimum absolute atomic E-state index is 0.00812. The van der Waals surface area contributed by atoms with E-state index in [1.165, 1.54) is 5.56 Å². The van der Waals surface area contributed by atoms with Crippen LogP contribution in [0.2, 0.25) is 0 Å². The topological polar surface area (TPSA) is 61.6 Å². The van der Waals surface area contributed by atoms with Crippen molar-refractivity contribution in [2.24, 2.45) is 0 Å². The first kappa shape index (κ1) is 21.3. The number of nitrogens with zero attached hydrogens (tertiary/aromatic N) is 4. The summed E-state index contributed by atoms with van der Waals surface area (Å²) < 4.78 is 1.79. The van der Waals surface area contributed by atoms with Gasteiger partial charge < -0.3 is 10.0 Å². The lowest BCUT2D eigenvalue weighted by Crippen LogP contribution is -2.49. The zero-order chi connectivity index (χ0) is 21.8. The van der Waals surface area contributed by atoms with Gasteiger partial charge in [-0.1, -0.05) is 56.3 Å². The van der Waals surface area contributed by atoms with Crippen LogP contribution in [0.1, 0.15) is 35.7 Å². The van der Waals surface area contributed by atoms with Gasteiger partial charge in [-0.15, -0.1) is 0 Å². The number of β-amino-alcohol motifs (C(OH)–C–C–N with tert-alkyl or cyclic N) is 1. The third-order valence-corrected chi connectivity index (χ3v) is 5.89. The first-order valence-corrected chi connectivity index (χ1v) is 10.9. The van der Waals surface area contributed by atoms with E-state index in [1.807, 2.05) is 41.4 Å². The van der Waals surface area contributed by atoms with Crippen LogP contribution in [-0.2, 0) is 0 Å². The molecule has 0 spiro atoms. The van der Waals surface area contributed by atoms with Crippen molar-refractivity contribution in [2.45, 2.75) is 19.8 Å². The van der Waals surface area contributed by atoms with Crippen LogP contribution >= 0.6 is 0 Å². The Balaban J connectivity index is 1.67. The smallest absolute Gasteiger partial charge is 0.257 e. The van der Waals surface area contributed by atoms with E-state index in [4.69, 9.17) is 10.2 Å². The molecule has 1 amide bonds. The Morgan fingerprint density at radius 2 is 1.68 bits per heavy atom. The van der Waals surface area contributed by atoms with Gasteiger partial charge in [0.25, 0.3) is 5.91 Å². The molecule has 4 rings (SSSR count). The monoisotopic (exact) mass is 418 g/mol. The fourth-order valence-corrected chi connectivity index (χ4v) is 3.97. The Hall–Kier alpha value is -2.96. The normalized spacial score (nSPS) is 14.9. The molecule has 1 N–H and O–H groups in total. The van der Waals surface area contributed by atoms with Gasteiger partial charge in [-0.2, -0.15) is 5.10 Å². The number of hydrogen-bond acceptors (Lipinski definition) is 4. The summed E-state index contributed by atoms with van der Waals surface area (Å²) in [6, 6.07) is 18.2. The molecule has 6 nitrogen and oxygen atoms in total. The highest BCUT2D eigenvalue weighted by molar-refractivity contribution is 6.00. The molecule has 162 valence electrons. The van der Waals surface area contributed by atoms with Crippen molar-refractivity contribution < 1.29 is 9.90 Å². The van der Waals surface area contributed by atoms with Crippen LogP contribution in [0.3, 0.4) is 0 Å². The van der Waals surface area contributed by atoms with Crippen molar-refractivity contribution in [3.05, 3.63) is 71.9 Å². The number of para-hydroxylation sites is 1. The van der Waals surface area contributed by atoms with Crippen LogP contribution in [0.15, 0.2) is 60.8 Å². The molecule has 2 aromatic carbocycles. The number of carbonyl (C=O) groups is 1. The lowest BCUT2D eigenvalue weighted by Gasteiger charge is -2.34. The first-order chi connectivity index (χ1) is 15.1. The molecule has 1 aromatic heterocycles. The molecule has 3 aromatic rings. The Bertz CT molecular complexity index is 1000. The lowest BCUT2D eigenvalue weighted by molar-refractivity contribution is 0.0615. The van der Waals surface area contributed by atoms with E-state index in [1.54, 1.807) is 4.68 Å². The molecule has 31 heavy (non-hydrogen) atoms. The summed E-state index contributed by atoms with van der Waals surface area (Å²) in [5.41, 5.74) is 4.47. The van der Waals surface area contributed by atoms with Crippen LogP contribution in [0.5, 0.6) is 0 Å². The molecule has 0 saturated carbocycles. The van der Waals surface area contributed by atoms with Gasteiger partial charge in [0.2, 0.25) is 0 Å². The molecule has 2 heterocycles. The predicted octanol–water partition coefficient (Wildman–Crippen LogP) is 3.41. The van der Waals surface area contributed by atoms with E-state index < -0.39 is 0 Å². The number of benzene rings is 2. The quantitative estimate of drug-likeness (QED) is 0.666. The van der Waals surface area contributed by atoms with Crippen LogP contribution in [0, 0.1) is 0 Å². The molecule has 0 atom stereocenters. The molecule has 6 heteroatoms. The van der Waals surface area contributed by atoms with Gasteiger partial charge in [0.05, 0.1) is 17.9 Å². The van der Waals surface area contributed by atoms with Gasteiger partial charge in [0.15, 0.2) is 0 Å². The van der Waals surface area contributed by atoms with Crippen molar-refractivity contribution in [3.63, 3.8) is 0 Å². The molecule has 0 bridgehead atoms. The first-order valence-electron chi connectivity index (χ1n) is 10.9. The standard InChI is InChI=1S/C25H30N4O2/c1-19(2)20-8-10-21(11-9-20)24-23(18-29(26-24)22-6-4-3-5-7-22)25(31)28-14-12-27(13-15-28)16-17-30/h3-11,18-19,30H,12-17H2,1-2H3. The minimum Gasteiger partial charge on any atom is -0.395 e. The fraction of sp³-hybridized carbons (Fsp3) is 0.360. The summed E-state index contributed by atoms with van der Waals surface area (Å²) in [7, 11) is 0. The summed E-state index contributed by atoms with van der Waals surface area (Å²) >= 11 is 0. The molecule has 0 radical (unpaired) electrons. The van der Waals surface area contributed by atoms with Crippen molar-refractivity contribution in [3.8, 4) is 16.9 Å². The molecule has 1 aliphatic rings. The van der Waals surface area contributed by atoms with Gasteiger partial charge in [-0.3, -0.25) is 9.69 Å². The van der Waals surface area contributed by atoms with Crippen LogP contribution in [0.25, 0.3) is 16.9 Å². The number of carbonyl (C=O) groups excluding carboxylic acids is 1. The van der Waals surface area contributed by atoms with Gasteiger partial charge in [0, 0.05) is 44.5 Å². The van der Waals surface area contributed by atoms with E-state index in [2.05, 4.69) is 43.0 Å². The highest BCUT2D eigenvalue weighted by Gasteiger charge is 2.26. The molecule has 1 saturated heterocycles. The number of aliphatic hydroxyl groups is 1. The summed E-state index contributed by atoms with van der Waals surface area (Å²) in [5, 5.41) is 14.0. The van der Waals surface area contributed by atoms with Crippen LogP contribution < -0.4 is 0 Å². The molecule has 1 aliphatic heterocycles. The van der Waals surface area contributed by atoms with E-state index >= 15 is 0 Å². The van der Waals surface area contributed by atoms with Gasteiger partial charge in [-0.25, -0.2) is 4.68 Å². The van der Waals surface area contributed by atoms with Gasteiger partial charge in [-0.05, 0) is 23.6 Å². The highest BCUT2D eigenvalue weighted by atomic mass is 16.3. The van der Waals surface area contributed by atoms with E-state index in [9.17, 15) is 4.79 Å². The van der Waals surface area contributed by atoms with Gasteiger partial charge >= 0.3 is 0 Å². The average molecular weight is 419 g/mol. The number of aromatic nitrogens is 2. The van der Waals surface area contributed by atoms with Crippen molar-refractivity contribution in [1.29, 1.82) is 0 Å². The zero-order valence-corrected chi connectivity index (χ0v) is 18.2. The second-order valence-electron chi connectivity index (χ2n) is 8.31. The Morgan fingerprint density at radius 1 is 1.00 bits per heavy atom. The molecule has 0 aliphatic carbocycles. The molecule has 0 unspecified atom stereocenters. The Kier molecular flexibility index (Phi) is 6.49. The van der Waals surface area contributed by atoms with Crippen LogP contribution in [0.4, 0.5) is 0 Å². The number of rotatable bonds is 6. The second-order valence-corrected chi connectivity index (χ2v) is 8.31. The minimum atomic E-state index is 0.00812. The summed E-state index contributed by atoms with van der Waals surface area (Å²) in [6.45, 7) is 8.00.